The van der Waals surface area contributed by atoms with E-state index in [-0.39, 0.29) is 0 Å². The quantitative estimate of drug-likeness (QED) is 0.894. The number of hydrogen-bond donors (Lipinski definition) is 1. The molecule has 18 heavy (non-hydrogen) atoms. The van der Waals surface area contributed by atoms with Crippen LogP contribution >= 0.6 is 11.3 Å². The van der Waals surface area contributed by atoms with Crippen LogP contribution in [0.2, 0.25) is 0 Å². The van der Waals surface area contributed by atoms with Gasteiger partial charge in [0.15, 0.2) is 0 Å². The summed E-state index contributed by atoms with van der Waals surface area (Å²) in [5.74, 6) is 0.497. The number of carboxylic acid groups (broad SMARTS) is 1. The lowest BCUT2D eigenvalue weighted by Gasteiger charge is -2.24. The number of thiazole rings is 1. The molecule has 0 bridgehead atoms. The number of hydrogen-bond acceptors (Lipinski definition) is 3. The number of aromatic nitrogens is 1. The summed E-state index contributed by atoms with van der Waals surface area (Å²) in [7, 11) is 0. The first-order valence-corrected chi connectivity index (χ1v) is 7.66. The van der Waals surface area contributed by atoms with Gasteiger partial charge in [0.25, 0.3) is 0 Å². The molecule has 3 nitrogen and oxygen atoms in total. The fourth-order valence-electron chi connectivity index (χ4n) is 2.63. The summed E-state index contributed by atoms with van der Waals surface area (Å²) in [4.78, 5) is 16.3. The maximum absolute atomic E-state index is 11.2. The standard InChI is InChI=1S/C14H21NO2S/c1-3-4-11-12(14(16)17)18-13(15-11)10-7-5-9(2)6-8-10/h9-10H,3-8H2,1-2H3,(H,16,17). The number of rotatable bonds is 4. The molecule has 1 aliphatic carbocycles. The largest absolute Gasteiger partial charge is 0.477 e. The van der Waals surface area contributed by atoms with Crippen LogP contribution in [0.25, 0.3) is 0 Å². The molecule has 1 fully saturated rings. The fraction of sp³-hybridized carbons (Fsp3) is 0.714. The van der Waals surface area contributed by atoms with E-state index in [9.17, 15) is 9.90 Å². The molecule has 4 heteroatoms. The van der Waals surface area contributed by atoms with Crippen molar-refractivity contribution in [2.75, 3.05) is 0 Å². The van der Waals surface area contributed by atoms with Gasteiger partial charge in [0.2, 0.25) is 0 Å². The van der Waals surface area contributed by atoms with Crippen LogP contribution in [0.4, 0.5) is 0 Å². The third kappa shape index (κ3) is 2.91. The summed E-state index contributed by atoms with van der Waals surface area (Å²) in [5, 5.41) is 10.3. The molecular weight excluding hydrogens is 246 g/mol. The second-order valence-corrected chi connectivity index (χ2v) is 6.37. The molecule has 1 aromatic rings. The van der Waals surface area contributed by atoms with Crippen molar-refractivity contribution in [1.82, 2.24) is 4.98 Å². The SMILES string of the molecule is CCCc1nc(C2CCC(C)CC2)sc1C(=O)O. The number of nitrogens with zero attached hydrogens (tertiary/aromatic N) is 1. The van der Waals surface area contributed by atoms with Crippen molar-refractivity contribution in [3.8, 4) is 0 Å². The van der Waals surface area contributed by atoms with Crippen LogP contribution in [0.1, 0.15) is 72.2 Å². The van der Waals surface area contributed by atoms with Crippen LogP contribution < -0.4 is 0 Å². The molecule has 2 rings (SSSR count). The molecule has 0 saturated heterocycles. The molecule has 1 heterocycles. The topological polar surface area (TPSA) is 50.2 Å². The first-order chi connectivity index (χ1) is 8.61. The smallest absolute Gasteiger partial charge is 0.347 e. The van der Waals surface area contributed by atoms with Crippen LogP contribution in [0, 0.1) is 5.92 Å². The molecule has 1 saturated carbocycles. The van der Waals surface area contributed by atoms with E-state index < -0.39 is 5.97 Å². The van der Waals surface area contributed by atoms with Gasteiger partial charge in [-0.15, -0.1) is 11.3 Å². The summed E-state index contributed by atoms with van der Waals surface area (Å²) in [6.45, 7) is 4.36. The maximum atomic E-state index is 11.2. The van der Waals surface area contributed by atoms with E-state index in [0.29, 0.717) is 10.8 Å². The molecule has 100 valence electrons. The van der Waals surface area contributed by atoms with Gasteiger partial charge in [-0.3, -0.25) is 0 Å². The highest BCUT2D eigenvalue weighted by Crippen LogP contribution is 2.38. The average molecular weight is 267 g/mol. The Morgan fingerprint density at radius 3 is 2.61 bits per heavy atom. The lowest BCUT2D eigenvalue weighted by Crippen LogP contribution is -2.10. The Hall–Kier alpha value is -0.900. The second-order valence-electron chi connectivity index (χ2n) is 5.34. The van der Waals surface area contributed by atoms with E-state index in [1.807, 2.05) is 0 Å². The summed E-state index contributed by atoms with van der Waals surface area (Å²) in [6.07, 6.45) is 6.55. The third-order valence-electron chi connectivity index (χ3n) is 3.76. The van der Waals surface area contributed by atoms with Gasteiger partial charge in [-0.25, -0.2) is 9.78 Å². The molecule has 0 atom stereocenters. The zero-order valence-corrected chi connectivity index (χ0v) is 11.9. The first-order valence-electron chi connectivity index (χ1n) is 6.84. The summed E-state index contributed by atoms with van der Waals surface area (Å²) >= 11 is 1.40. The van der Waals surface area contributed by atoms with Crippen molar-refractivity contribution in [1.29, 1.82) is 0 Å². The van der Waals surface area contributed by atoms with E-state index in [0.717, 1.165) is 29.5 Å². The fourth-order valence-corrected chi connectivity index (χ4v) is 3.75. The summed E-state index contributed by atoms with van der Waals surface area (Å²) in [6, 6.07) is 0. The van der Waals surface area contributed by atoms with Gasteiger partial charge in [0, 0.05) is 5.92 Å². The minimum atomic E-state index is -0.814. The Balaban J connectivity index is 2.18. The van der Waals surface area contributed by atoms with Gasteiger partial charge in [-0.2, -0.15) is 0 Å². The van der Waals surface area contributed by atoms with Gasteiger partial charge in [-0.1, -0.05) is 33.1 Å². The van der Waals surface area contributed by atoms with Crippen LogP contribution in [0.15, 0.2) is 0 Å². The van der Waals surface area contributed by atoms with Gasteiger partial charge < -0.3 is 5.11 Å². The molecule has 0 radical (unpaired) electrons. The number of carboxylic acids is 1. The van der Waals surface area contributed by atoms with Crippen LogP contribution in [0.3, 0.4) is 0 Å². The molecule has 1 aliphatic rings. The van der Waals surface area contributed by atoms with Crippen molar-refractivity contribution in [2.24, 2.45) is 5.92 Å². The third-order valence-corrected chi connectivity index (χ3v) is 5.01. The summed E-state index contributed by atoms with van der Waals surface area (Å²) < 4.78 is 0. The van der Waals surface area contributed by atoms with Crippen molar-refractivity contribution in [2.45, 2.75) is 58.3 Å². The first kappa shape index (κ1) is 13.5. The highest BCUT2D eigenvalue weighted by atomic mass is 32.1. The van der Waals surface area contributed by atoms with Crippen molar-refractivity contribution in [3.05, 3.63) is 15.6 Å². The van der Waals surface area contributed by atoms with E-state index in [1.54, 1.807) is 0 Å². The van der Waals surface area contributed by atoms with E-state index in [4.69, 9.17) is 0 Å². The predicted molar refractivity (Wildman–Crippen MR) is 73.4 cm³/mol. The molecule has 0 spiro atoms. The zero-order valence-electron chi connectivity index (χ0n) is 11.1. The molecule has 0 unspecified atom stereocenters. The van der Waals surface area contributed by atoms with Crippen LogP contribution in [-0.2, 0) is 6.42 Å². The number of aromatic carboxylic acids is 1. The lowest BCUT2D eigenvalue weighted by molar-refractivity contribution is 0.0700. The maximum Gasteiger partial charge on any atom is 0.347 e. The molecule has 0 amide bonds. The van der Waals surface area contributed by atoms with E-state index >= 15 is 0 Å². The Labute approximate surface area is 112 Å². The molecule has 0 aromatic carbocycles. The van der Waals surface area contributed by atoms with Crippen molar-refractivity contribution < 1.29 is 9.90 Å². The Kier molecular flexibility index (Phi) is 4.38. The van der Waals surface area contributed by atoms with Gasteiger partial charge >= 0.3 is 5.97 Å². The Morgan fingerprint density at radius 1 is 1.39 bits per heavy atom. The molecule has 1 N–H and O–H groups in total. The second kappa shape index (κ2) is 5.83. The summed E-state index contributed by atoms with van der Waals surface area (Å²) in [5.41, 5.74) is 0.795. The van der Waals surface area contributed by atoms with Gasteiger partial charge in [-0.05, 0) is 25.2 Å². The Morgan fingerprint density at radius 2 is 2.06 bits per heavy atom. The zero-order chi connectivity index (χ0) is 13.1. The minimum absolute atomic E-state index is 0.463. The minimum Gasteiger partial charge on any atom is -0.477 e. The predicted octanol–water partition coefficient (Wildman–Crippen LogP) is 4.09. The molecule has 1 aromatic heterocycles. The van der Waals surface area contributed by atoms with Crippen LogP contribution in [-0.4, -0.2) is 16.1 Å². The van der Waals surface area contributed by atoms with Crippen molar-refractivity contribution in [3.63, 3.8) is 0 Å². The Bertz CT molecular complexity index is 419. The number of carbonyl (C=O) groups is 1. The average Bonchev–Trinajstić information content (AvgIpc) is 2.75. The van der Waals surface area contributed by atoms with E-state index in [2.05, 4.69) is 18.8 Å². The van der Waals surface area contributed by atoms with Gasteiger partial charge in [0.05, 0.1) is 10.7 Å². The molecule has 0 aliphatic heterocycles. The van der Waals surface area contributed by atoms with Crippen molar-refractivity contribution >= 4 is 17.3 Å². The number of aryl methyl sites for hydroxylation is 1. The monoisotopic (exact) mass is 267 g/mol. The van der Waals surface area contributed by atoms with E-state index in [1.165, 1.54) is 37.0 Å². The lowest BCUT2D eigenvalue weighted by atomic mass is 9.83. The highest BCUT2D eigenvalue weighted by Gasteiger charge is 2.25. The molecular formula is C14H21NO2S. The highest BCUT2D eigenvalue weighted by molar-refractivity contribution is 7.13. The van der Waals surface area contributed by atoms with Gasteiger partial charge in [0.1, 0.15) is 4.88 Å². The van der Waals surface area contributed by atoms with Crippen LogP contribution in [0.5, 0.6) is 0 Å². The normalized spacial score (nSPS) is 24.1.